The van der Waals surface area contributed by atoms with Crippen molar-refractivity contribution in [2.45, 2.75) is 24.9 Å². The molecule has 2 unspecified atom stereocenters. The Balaban J connectivity index is 2.16. The lowest BCUT2D eigenvalue weighted by Gasteiger charge is -2.17. The summed E-state index contributed by atoms with van der Waals surface area (Å²) in [6.45, 7) is 0.793. The van der Waals surface area contributed by atoms with Crippen LogP contribution in [-0.4, -0.2) is 19.0 Å². The lowest BCUT2D eigenvalue weighted by Crippen LogP contribution is -2.18. The number of benzene rings is 1. The van der Waals surface area contributed by atoms with Crippen LogP contribution in [0.1, 0.15) is 24.3 Å². The first-order valence-electron chi connectivity index (χ1n) is 5.03. The summed E-state index contributed by atoms with van der Waals surface area (Å²) in [5.41, 5.74) is 1.06. The van der Waals surface area contributed by atoms with Gasteiger partial charge in [0.05, 0.1) is 12.0 Å². The van der Waals surface area contributed by atoms with Gasteiger partial charge >= 0.3 is 0 Å². The van der Waals surface area contributed by atoms with Crippen LogP contribution in [0.15, 0.2) is 30.3 Å². The number of hydrogen-bond acceptors (Lipinski definition) is 2. The Labute approximate surface area is 83.9 Å². The van der Waals surface area contributed by atoms with Crippen LogP contribution < -0.4 is 0 Å². The van der Waals surface area contributed by atoms with Crippen LogP contribution in [0.5, 0.6) is 0 Å². The Bertz CT molecular complexity index is 288. The van der Waals surface area contributed by atoms with Gasteiger partial charge in [0.15, 0.2) is 0 Å². The van der Waals surface area contributed by atoms with E-state index in [1.807, 2.05) is 30.3 Å². The number of aldehydes is 1. The minimum atomic E-state index is -0.0845. The molecule has 74 valence electrons. The first kappa shape index (κ1) is 9.41. The third-order valence-corrected chi connectivity index (χ3v) is 2.70. The van der Waals surface area contributed by atoms with Crippen LogP contribution in [0.4, 0.5) is 0 Å². The van der Waals surface area contributed by atoms with E-state index in [2.05, 4.69) is 0 Å². The van der Waals surface area contributed by atoms with Crippen LogP contribution in [0, 0.1) is 0 Å². The molecule has 2 nitrogen and oxygen atoms in total. The second-order valence-corrected chi connectivity index (χ2v) is 3.62. The van der Waals surface area contributed by atoms with Gasteiger partial charge in [0, 0.05) is 6.61 Å². The molecule has 2 atom stereocenters. The average Bonchev–Trinajstić information content (AvgIpc) is 2.74. The van der Waals surface area contributed by atoms with E-state index in [-0.39, 0.29) is 12.0 Å². The minimum Gasteiger partial charge on any atom is -0.377 e. The van der Waals surface area contributed by atoms with E-state index in [1.165, 1.54) is 0 Å². The van der Waals surface area contributed by atoms with Gasteiger partial charge in [0.1, 0.15) is 6.29 Å². The van der Waals surface area contributed by atoms with Crippen molar-refractivity contribution in [3.8, 4) is 0 Å². The highest BCUT2D eigenvalue weighted by Gasteiger charge is 2.26. The predicted octanol–water partition coefficient (Wildman–Crippen LogP) is 2.15. The highest BCUT2D eigenvalue weighted by Crippen LogP contribution is 2.26. The molecule has 1 heterocycles. The molecule has 2 rings (SSSR count). The van der Waals surface area contributed by atoms with Gasteiger partial charge in [-0.1, -0.05) is 30.3 Å². The number of ether oxygens (including phenoxy) is 1. The molecule has 0 bridgehead atoms. The van der Waals surface area contributed by atoms with Gasteiger partial charge in [0.2, 0.25) is 0 Å². The molecule has 1 aromatic rings. The van der Waals surface area contributed by atoms with E-state index in [4.69, 9.17) is 4.74 Å². The summed E-state index contributed by atoms with van der Waals surface area (Å²) in [5.74, 6) is -0.0845. The van der Waals surface area contributed by atoms with Gasteiger partial charge in [-0.05, 0) is 18.4 Å². The molecule has 0 saturated carbocycles. The van der Waals surface area contributed by atoms with Crippen molar-refractivity contribution in [3.05, 3.63) is 35.9 Å². The van der Waals surface area contributed by atoms with Crippen molar-refractivity contribution in [2.75, 3.05) is 6.61 Å². The summed E-state index contributed by atoms with van der Waals surface area (Å²) >= 11 is 0. The van der Waals surface area contributed by atoms with E-state index in [1.54, 1.807) is 0 Å². The van der Waals surface area contributed by atoms with Crippen molar-refractivity contribution >= 4 is 6.29 Å². The smallest absolute Gasteiger partial charge is 0.130 e. The zero-order valence-corrected chi connectivity index (χ0v) is 8.06. The SMILES string of the molecule is O=CC(c1ccccc1)C1CCCO1. The summed E-state index contributed by atoms with van der Waals surface area (Å²) in [4.78, 5) is 11.0. The summed E-state index contributed by atoms with van der Waals surface area (Å²) in [6, 6.07) is 9.85. The lowest BCUT2D eigenvalue weighted by molar-refractivity contribution is -0.111. The highest BCUT2D eigenvalue weighted by molar-refractivity contribution is 5.63. The zero-order chi connectivity index (χ0) is 9.80. The molecule has 1 fully saturated rings. The van der Waals surface area contributed by atoms with Crippen molar-refractivity contribution in [3.63, 3.8) is 0 Å². The van der Waals surface area contributed by atoms with Gasteiger partial charge in [0.25, 0.3) is 0 Å². The standard InChI is InChI=1S/C12H14O2/c13-9-11(12-7-4-8-14-12)10-5-2-1-3-6-10/h1-3,5-6,9,11-12H,4,7-8H2. The Morgan fingerprint density at radius 1 is 1.36 bits per heavy atom. The van der Waals surface area contributed by atoms with Crippen LogP contribution in [-0.2, 0) is 9.53 Å². The summed E-state index contributed by atoms with van der Waals surface area (Å²) in [7, 11) is 0. The van der Waals surface area contributed by atoms with E-state index < -0.39 is 0 Å². The van der Waals surface area contributed by atoms with Gasteiger partial charge in [-0.2, -0.15) is 0 Å². The molecule has 14 heavy (non-hydrogen) atoms. The average molecular weight is 190 g/mol. The third-order valence-electron chi connectivity index (χ3n) is 2.70. The quantitative estimate of drug-likeness (QED) is 0.683. The molecule has 1 aliphatic heterocycles. The molecular weight excluding hydrogens is 176 g/mol. The number of carbonyl (C=O) groups is 1. The van der Waals surface area contributed by atoms with Crippen molar-refractivity contribution < 1.29 is 9.53 Å². The Morgan fingerprint density at radius 3 is 2.71 bits per heavy atom. The Kier molecular flexibility index (Phi) is 2.94. The molecule has 1 aromatic carbocycles. The van der Waals surface area contributed by atoms with Crippen LogP contribution in [0.3, 0.4) is 0 Å². The zero-order valence-electron chi connectivity index (χ0n) is 8.06. The first-order valence-corrected chi connectivity index (χ1v) is 5.03. The maximum Gasteiger partial charge on any atom is 0.130 e. The fraction of sp³-hybridized carbons (Fsp3) is 0.417. The summed E-state index contributed by atoms with van der Waals surface area (Å²) < 4.78 is 5.53. The fourth-order valence-electron chi connectivity index (χ4n) is 1.94. The predicted molar refractivity (Wildman–Crippen MR) is 54.2 cm³/mol. The monoisotopic (exact) mass is 190 g/mol. The molecule has 0 aliphatic carbocycles. The molecule has 0 spiro atoms. The molecule has 0 aromatic heterocycles. The van der Waals surface area contributed by atoms with Crippen LogP contribution >= 0.6 is 0 Å². The van der Waals surface area contributed by atoms with E-state index in [9.17, 15) is 4.79 Å². The van der Waals surface area contributed by atoms with Crippen molar-refractivity contribution in [2.24, 2.45) is 0 Å². The van der Waals surface area contributed by atoms with Crippen LogP contribution in [0.2, 0.25) is 0 Å². The maximum absolute atomic E-state index is 11.0. The van der Waals surface area contributed by atoms with E-state index in [0.717, 1.165) is 31.3 Å². The van der Waals surface area contributed by atoms with Gasteiger partial charge in [-0.15, -0.1) is 0 Å². The normalized spacial score (nSPS) is 23.3. The largest absolute Gasteiger partial charge is 0.377 e. The Hall–Kier alpha value is -1.15. The third kappa shape index (κ3) is 1.85. The maximum atomic E-state index is 11.0. The Morgan fingerprint density at radius 2 is 2.14 bits per heavy atom. The minimum absolute atomic E-state index is 0.0845. The summed E-state index contributed by atoms with van der Waals surface area (Å²) in [5, 5.41) is 0. The van der Waals surface area contributed by atoms with Crippen molar-refractivity contribution in [1.82, 2.24) is 0 Å². The number of rotatable bonds is 3. The van der Waals surface area contributed by atoms with Crippen molar-refractivity contribution in [1.29, 1.82) is 0 Å². The second-order valence-electron chi connectivity index (χ2n) is 3.62. The molecule has 2 heteroatoms. The molecule has 0 amide bonds. The fourth-order valence-corrected chi connectivity index (χ4v) is 1.94. The number of carbonyl (C=O) groups excluding carboxylic acids is 1. The number of hydrogen-bond donors (Lipinski definition) is 0. The van der Waals surface area contributed by atoms with Crippen LogP contribution in [0.25, 0.3) is 0 Å². The molecule has 0 N–H and O–H groups in total. The first-order chi connectivity index (χ1) is 6.92. The molecule has 1 saturated heterocycles. The second kappa shape index (κ2) is 4.38. The van der Waals surface area contributed by atoms with Gasteiger partial charge in [-0.3, -0.25) is 0 Å². The van der Waals surface area contributed by atoms with E-state index >= 15 is 0 Å². The van der Waals surface area contributed by atoms with Gasteiger partial charge in [-0.25, -0.2) is 0 Å². The topological polar surface area (TPSA) is 26.3 Å². The summed E-state index contributed by atoms with van der Waals surface area (Å²) in [6.07, 6.45) is 3.17. The molecule has 0 radical (unpaired) electrons. The highest BCUT2D eigenvalue weighted by atomic mass is 16.5. The molecular formula is C12H14O2. The molecule has 1 aliphatic rings. The van der Waals surface area contributed by atoms with Gasteiger partial charge < -0.3 is 9.53 Å². The lowest BCUT2D eigenvalue weighted by atomic mass is 9.93. The van der Waals surface area contributed by atoms with E-state index in [0.29, 0.717) is 0 Å².